The zero-order valence-corrected chi connectivity index (χ0v) is 15.7. The third-order valence-corrected chi connectivity index (χ3v) is 4.34. The molecule has 0 unspecified atom stereocenters. The van der Waals surface area contributed by atoms with Crippen LogP contribution in [-0.2, 0) is 11.3 Å². The number of ether oxygens (including phenoxy) is 1. The van der Waals surface area contributed by atoms with Gasteiger partial charge in [-0.05, 0) is 42.3 Å². The number of amides is 1. The van der Waals surface area contributed by atoms with Gasteiger partial charge >= 0.3 is 0 Å². The third-order valence-electron chi connectivity index (χ3n) is 4.34. The quantitative estimate of drug-likeness (QED) is 0.667. The van der Waals surface area contributed by atoms with Gasteiger partial charge in [0, 0.05) is 5.69 Å². The number of rotatable bonds is 7. The minimum absolute atomic E-state index is 0.00591. The van der Waals surface area contributed by atoms with E-state index in [0.29, 0.717) is 6.54 Å². The minimum Gasteiger partial charge on any atom is -0.495 e. The van der Waals surface area contributed by atoms with Gasteiger partial charge in [-0.15, -0.1) is 0 Å². The summed E-state index contributed by atoms with van der Waals surface area (Å²) in [5.74, 6) is 0.719. The number of aryl methyl sites for hydroxylation is 1. The molecule has 138 valence electrons. The fourth-order valence-electron chi connectivity index (χ4n) is 2.92. The highest BCUT2D eigenvalue weighted by Gasteiger charge is 2.16. The maximum atomic E-state index is 13.0. The number of hydrogen-bond acceptors (Lipinski definition) is 3. The van der Waals surface area contributed by atoms with Crippen molar-refractivity contribution in [1.29, 1.82) is 0 Å². The summed E-state index contributed by atoms with van der Waals surface area (Å²) in [5.41, 5.74) is 3.89. The Balaban J connectivity index is 1.78. The van der Waals surface area contributed by atoms with Gasteiger partial charge in [-0.1, -0.05) is 54.6 Å². The number of anilines is 2. The molecule has 0 saturated carbocycles. The second-order valence-corrected chi connectivity index (χ2v) is 6.36. The summed E-state index contributed by atoms with van der Waals surface area (Å²) in [6, 6.07) is 25.6. The SMILES string of the molecule is COc1ccc(C)cc1NCC(=O)N(Cc1ccccc1)c1ccccc1. The van der Waals surface area contributed by atoms with Gasteiger partial charge in [0.25, 0.3) is 0 Å². The van der Waals surface area contributed by atoms with E-state index in [1.165, 1.54) is 0 Å². The average molecular weight is 360 g/mol. The molecule has 0 heterocycles. The van der Waals surface area contributed by atoms with Crippen LogP contribution in [0.3, 0.4) is 0 Å². The van der Waals surface area contributed by atoms with Crippen LogP contribution < -0.4 is 15.0 Å². The third kappa shape index (κ3) is 4.88. The van der Waals surface area contributed by atoms with Crippen LogP contribution in [0.5, 0.6) is 5.75 Å². The van der Waals surface area contributed by atoms with E-state index in [-0.39, 0.29) is 12.5 Å². The number of hydrogen-bond donors (Lipinski definition) is 1. The van der Waals surface area contributed by atoms with Crippen LogP contribution in [-0.4, -0.2) is 19.6 Å². The molecule has 4 nitrogen and oxygen atoms in total. The van der Waals surface area contributed by atoms with Gasteiger partial charge in [-0.2, -0.15) is 0 Å². The summed E-state index contributed by atoms with van der Waals surface area (Å²) in [7, 11) is 1.63. The summed E-state index contributed by atoms with van der Waals surface area (Å²) in [6.07, 6.45) is 0. The normalized spacial score (nSPS) is 10.3. The standard InChI is InChI=1S/C23H24N2O2/c1-18-13-14-22(27-2)21(15-18)24-16-23(26)25(20-11-7-4-8-12-20)17-19-9-5-3-6-10-19/h3-15,24H,16-17H2,1-2H3. The molecule has 0 fully saturated rings. The van der Waals surface area contributed by atoms with Crippen molar-refractivity contribution in [2.24, 2.45) is 0 Å². The molecule has 3 aromatic carbocycles. The van der Waals surface area contributed by atoms with Gasteiger partial charge in [-0.3, -0.25) is 4.79 Å². The molecule has 3 rings (SSSR count). The molecule has 1 amide bonds. The van der Waals surface area contributed by atoms with Gasteiger partial charge in [0.1, 0.15) is 5.75 Å². The second kappa shape index (κ2) is 8.90. The van der Waals surface area contributed by atoms with Crippen LogP contribution >= 0.6 is 0 Å². The number of carbonyl (C=O) groups is 1. The van der Waals surface area contributed by atoms with Crippen molar-refractivity contribution in [3.8, 4) is 5.75 Å². The monoisotopic (exact) mass is 360 g/mol. The molecule has 0 radical (unpaired) electrons. The highest BCUT2D eigenvalue weighted by Crippen LogP contribution is 2.25. The van der Waals surface area contributed by atoms with E-state index in [4.69, 9.17) is 4.74 Å². The van der Waals surface area contributed by atoms with E-state index in [2.05, 4.69) is 5.32 Å². The predicted octanol–water partition coefficient (Wildman–Crippen LogP) is 4.65. The first-order chi connectivity index (χ1) is 13.2. The lowest BCUT2D eigenvalue weighted by Crippen LogP contribution is -2.35. The van der Waals surface area contributed by atoms with Crippen molar-refractivity contribution >= 4 is 17.3 Å². The number of nitrogens with zero attached hydrogens (tertiary/aromatic N) is 1. The van der Waals surface area contributed by atoms with Crippen LogP contribution in [0.15, 0.2) is 78.9 Å². The molecule has 0 bridgehead atoms. The predicted molar refractivity (Wildman–Crippen MR) is 110 cm³/mol. The van der Waals surface area contributed by atoms with Gasteiger partial charge in [0.2, 0.25) is 5.91 Å². The first kappa shape index (κ1) is 18.5. The molecule has 0 aliphatic carbocycles. The van der Waals surface area contributed by atoms with Gasteiger partial charge in [0.05, 0.1) is 25.9 Å². The van der Waals surface area contributed by atoms with E-state index < -0.39 is 0 Å². The lowest BCUT2D eigenvalue weighted by atomic mass is 10.2. The number of methoxy groups -OCH3 is 1. The zero-order chi connectivity index (χ0) is 19.1. The van der Waals surface area contributed by atoms with Gasteiger partial charge in [-0.25, -0.2) is 0 Å². The van der Waals surface area contributed by atoms with Crippen molar-refractivity contribution in [1.82, 2.24) is 0 Å². The second-order valence-electron chi connectivity index (χ2n) is 6.36. The van der Waals surface area contributed by atoms with Crippen LogP contribution in [0.4, 0.5) is 11.4 Å². The number of benzene rings is 3. The minimum atomic E-state index is -0.00591. The molecular formula is C23H24N2O2. The summed E-state index contributed by atoms with van der Waals surface area (Å²) in [4.78, 5) is 14.8. The Bertz CT molecular complexity index is 879. The zero-order valence-electron chi connectivity index (χ0n) is 15.7. The first-order valence-electron chi connectivity index (χ1n) is 8.95. The fourth-order valence-corrected chi connectivity index (χ4v) is 2.92. The molecule has 0 spiro atoms. The van der Waals surface area contributed by atoms with Crippen molar-refractivity contribution in [3.05, 3.63) is 90.0 Å². The van der Waals surface area contributed by atoms with Crippen molar-refractivity contribution < 1.29 is 9.53 Å². The summed E-state index contributed by atoms with van der Waals surface area (Å²) < 4.78 is 5.39. The Morgan fingerprint density at radius 2 is 1.63 bits per heavy atom. The maximum Gasteiger partial charge on any atom is 0.246 e. The van der Waals surface area contributed by atoms with E-state index in [1.807, 2.05) is 85.8 Å². The van der Waals surface area contributed by atoms with Crippen molar-refractivity contribution in [3.63, 3.8) is 0 Å². The number of nitrogens with one attached hydrogen (secondary N) is 1. The fraction of sp³-hybridized carbons (Fsp3) is 0.174. The van der Waals surface area contributed by atoms with Crippen LogP contribution in [0.1, 0.15) is 11.1 Å². The number of para-hydroxylation sites is 1. The van der Waals surface area contributed by atoms with Crippen LogP contribution in [0, 0.1) is 6.92 Å². The van der Waals surface area contributed by atoms with Crippen molar-refractivity contribution in [2.45, 2.75) is 13.5 Å². The van der Waals surface area contributed by atoms with Crippen LogP contribution in [0.2, 0.25) is 0 Å². The van der Waals surface area contributed by atoms with E-state index in [0.717, 1.165) is 28.3 Å². The summed E-state index contributed by atoms with van der Waals surface area (Å²) >= 11 is 0. The summed E-state index contributed by atoms with van der Waals surface area (Å²) in [6.45, 7) is 2.72. The van der Waals surface area contributed by atoms with E-state index >= 15 is 0 Å². The Kier molecular flexibility index (Phi) is 6.10. The largest absolute Gasteiger partial charge is 0.495 e. The maximum absolute atomic E-state index is 13.0. The van der Waals surface area contributed by atoms with Crippen LogP contribution in [0.25, 0.3) is 0 Å². The molecule has 3 aromatic rings. The lowest BCUT2D eigenvalue weighted by Gasteiger charge is -2.24. The molecule has 4 heteroatoms. The first-order valence-corrected chi connectivity index (χ1v) is 8.95. The number of carbonyl (C=O) groups excluding carboxylic acids is 1. The Hall–Kier alpha value is -3.27. The Labute approximate surface area is 160 Å². The molecule has 0 saturated heterocycles. The van der Waals surface area contributed by atoms with E-state index in [1.54, 1.807) is 12.0 Å². The molecule has 0 aliphatic heterocycles. The molecule has 27 heavy (non-hydrogen) atoms. The summed E-state index contributed by atoms with van der Waals surface area (Å²) in [5, 5.41) is 3.22. The highest BCUT2D eigenvalue weighted by molar-refractivity contribution is 5.96. The molecule has 0 atom stereocenters. The van der Waals surface area contributed by atoms with Gasteiger partial charge < -0.3 is 15.0 Å². The molecule has 1 N–H and O–H groups in total. The molecule has 0 aromatic heterocycles. The topological polar surface area (TPSA) is 41.6 Å². The Morgan fingerprint density at radius 3 is 2.30 bits per heavy atom. The molecular weight excluding hydrogens is 336 g/mol. The highest BCUT2D eigenvalue weighted by atomic mass is 16.5. The Morgan fingerprint density at radius 1 is 0.963 bits per heavy atom. The van der Waals surface area contributed by atoms with Gasteiger partial charge in [0.15, 0.2) is 0 Å². The average Bonchev–Trinajstić information content (AvgIpc) is 2.72. The molecule has 0 aliphatic rings. The van der Waals surface area contributed by atoms with Crippen molar-refractivity contribution in [2.75, 3.05) is 23.9 Å². The van der Waals surface area contributed by atoms with E-state index in [9.17, 15) is 4.79 Å². The smallest absolute Gasteiger partial charge is 0.246 e. The lowest BCUT2D eigenvalue weighted by molar-refractivity contribution is -0.117.